The molecule has 3 rings (SSSR count). The van der Waals surface area contributed by atoms with Crippen LogP contribution in [0.4, 0.5) is 36.4 Å². The molecule has 0 bridgehead atoms. The van der Waals surface area contributed by atoms with Crippen LogP contribution in [0.2, 0.25) is 0 Å². The molecule has 3 aromatic rings. The van der Waals surface area contributed by atoms with Crippen molar-refractivity contribution in [3.63, 3.8) is 0 Å². The Morgan fingerprint density at radius 3 is 2.00 bits per heavy atom. The van der Waals surface area contributed by atoms with Crippen LogP contribution in [-0.2, 0) is 6.18 Å². The first kappa shape index (κ1) is 17.7. The van der Waals surface area contributed by atoms with Crippen LogP contribution in [0.15, 0.2) is 30.5 Å². The molecule has 0 aliphatic carbocycles. The Labute approximate surface area is 139 Å². The van der Waals surface area contributed by atoms with E-state index in [1.165, 1.54) is 0 Å². The van der Waals surface area contributed by atoms with E-state index < -0.39 is 45.6 Å². The molecule has 0 N–H and O–H groups in total. The van der Waals surface area contributed by atoms with Crippen molar-refractivity contribution in [3.05, 3.63) is 69.4 Å². The van der Waals surface area contributed by atoms with E-state index in [-0.39, 0.29) is 16.6 Å². The number of rotatable bonds is 2. The molecular weight excluding hydrogens is 373 g/mol. The summed E-state index contributed by atoms with van der Waals surface area (Å²) in [4.78, 5) is 9.98. The highest BCUT2D eigenvalue weighted by atomic mass is 19.4. The van der Waals surface area contributed by atoms with Gasteiger partial charge in [0, 0.05) is 23.7 Å². The van der Waals surface area contributed by atoms with E-state index in [9.17, 15) is 40.8 Å². The van der Waals surface area contributed by atoms with Crippen LogP contribution in [0, 0.1) is 33.4 Å². The minimum Gasteiger partial charge on any atom is -0.311 e. The largest absolute Gasteiger partial charge is 0.422 e. The molecule has 4 nitrogen and oxygen atoms in total. The van der Waals surface area contributed by atoms with Crippen LogP contribution < -0.4 is 0 Å². The van der Waals surface area contributed by atoms with E-state index in [0.717, 1.165) is 30.5 Å². The van der Waals surface area contributed by atoms with Gasteiger partial charge in [-0.2, -0.15) is 13.2 Å². The van der Waals surface area contributed by atoms with Gasteiger partial charge in [0.25, 0.3) is 5.69 Å². The van der Waals surface area contributed by atoms with Crippen molar-refractivity contribution in [1.82, 2.24) is 4.57 Å². The van der Waals surface area contributed by atoms with Crippen LogP contribution in [0.3, 0.4) is 0 Å². The number of alkyl halides is 3. The highest BCUT2D eigenvalue weighted by molar-refractivity contribution is 5.84. The lowest BCUT2D eigenvalue weighted by molar-refractivity contribution is -0.384. The Kier molecular flexibility index (Phi) is 3.89. The van der Waals surface area contributed by atoms with E-state index in [1.54, 1.807) is 0 Å². The summed E-state index contributed by atoms with van der Waals surface area (Å²) in [6.45, 7) is 0. The Bertz CT molecular complexity index is 1030. The maximum atomic E-state index is 14.1. The first-order valence-corrected chi connectivity index (χ1v) is 6.73. The van der Waals surface area contributed by atoms with Crippen LogP contribution in [0.25, 0.3) is 16.6 Å². The summed E-state index contributed by atoms with van der Waals surface area (Å²) in [6, 6.07) is 4.18. The summed E-state index contributed by atoms with van der Waals surface area (Å²) in [6.07, 6.45) is -4.73. The predicted molar refractivity (Wildman–Crippen MR) is 74.8 cm³/mol. The minimum absolute atomic E-state index is 0.0821. The zero-order valence-electron chi connectivity index (χ0n) is 12.2. The number of halogens is 7. The molecule has 0 amide bonds. The maximum absolute atomic E-state index is 14.1. The number of benzene rings is 2. The van der Waals surface area contributed by atoms with Gasteiger partial charge in [0.1, 0.15) is 11.3 Å². The molecule has 2 aromatic carbocycles. The average Bonchev–Trinajstić information content (AvgIpc) is 2.95. The fraction of sp³-hybridized carbons (Fsp3) is 0.0667. The normalized spacial score (nSPS) is 12.0. The van der Waals surface area contributed by atoms with Crippen LogP contribution >= 0.6 is 0 Å². The molecule has 11 heteroatoms. The van der Waals surface area contributed by atoms with E-state index in [0.29, 0.717) is 4.57 Å². The number of nitrogens with zero attached hydrogens (tertiary/aromatic N) is 2. The van der Waals surface area contributed by atoms with Gasteiger partial charge in [0.15, 0.2) is 23.3 Å². The Balaban J connectivity index is 2.32. The SMILES string of the molecule is O=[N+]([O-])c1ccc2c(ccn2-c2c(F)c(F)c(C(F)(F)F)c(F)c2F)c1. The smallest absolute Gasteiger partial charge is 0.311 e. The molecule has 1 aromatic heterocycles. The zero-order valence-corrected chi connectivity index (χ0v) is 12.2. The monoisotopic (exact) mass is 378 g/mol. The van der Waals surface area contributed by atoms with Gasteiger partial charge in [-0.05, 0) is 12.1 Å². The van der Waals surface area contributed by atoms with E-state index in [1.807, 2.05) is 0 Å². The second kappa shape index (κ2) is 5.71. The lowest BCUT2D eigenvalue weighted by Crippen LogP contribution is -2.17. The summed E-state index contributed by atoms with van der Waals surface area (Å²) in [5.74, 6) is -9.66. The number of non-ortho nitro benzene ring substituents is 1. The summed E-state index contributed by atoms with van der Waals surface area (Å²) in [5.41, 5.74) is -4.55. The van der Waals surface area contributed by atoms with Crippen molar-refractivity contribution in [2.24, 2.45) is 0 Å². The van der Waals surface area contributed by atoms with Crippen molar-refractivity contribution in [2.75, 3.05) is 0 Å². The third-order valence-electron chi connectivity index (χ3n) is 3.65. The van der Waals surface area contributed by atoms with Crippen molar-refractivity contribution in [2.45, 2.75) is 6.18 Å². The molecule has 0 radical (unpaired) electrons. The quantitative estimate of drug-likeness (QED) is 0.269. The van der Waals surface area contributed by atoms with Gasteiger partial charge < -0.3 is 4.57 Å². The minimum atomic E-state index is -5.65. The average molecular weight is 378 g/mol. The van der Waals surface area contributed by atoms with Crippen LogP contribution in [0.5, 0.6) is 0 Å². The van der Waals surface area contributed by atoms with Crippen molar-refractivity contribution >= 4 is 16.6 Å². The standard InChI is InChI=1S/C15H5F7N2O2/c16-10-9(15(20,21)22)11(17)13(19)14(12(10)18)23-4-3-6-5-7(24(25)26)1-2-8(6)23/h1-5H. The first-order valence-electron chi connectivity index (χ1n) is 6.73. The van der Waals surface area contributed by atoms with Crippen molar-refractivity contribution in [3.8, 4) is 5.69 Å². The molecule has 26 heavy (non-hydrogen) atoms. The number of hydrogen-bond donors (Lipinski definition) is 0. The number of nitro benzene ring substituents is 1. The van der Waals surface area contributed by atoms with Gasteiger partial charge in [-0.1, -0.05) is 0 Å². The third kappa shape index (κ3) is 2.55. The number of hydrogen-bond acceptors (Lipinski definition) is 2. The summed E-state index contributed by atoms with van der Waals surface area (Å²) >= 11 is 0. The second-order valence-electron chi connectivity index (χ2n) is 5.16. The van der Waals surface area contributed by atoms with Gasteiger partial charge in [0.05, 0.1) is 10.4 Å². The Hall–Kier alpha value is -3.11. The molecule has 1 heterocycles. The third-order valence-corrected chi connectivity index (χ3v) is 3.65. The number of nitro groups is 1. The molecule has 0 atom stereocenters. The van der Waals surface area contributed by atoms with E-state index in [4.69, 9.17) is 0 Å². The van der Waals surface area contributed by atoms with Gasteiger partial charge in [-0.3, -0.25) is 10.1 Å². The van der Waals surface area contributed by atoms with Gasteiger partial charge >= 0.3 is 6.18 Å². The summed E-state index contributed by atoms with van der Waals surface area (Å²) < 4.78 is 94.2. The molecule has 0 aliphatic heterocycles. The lowest BCUT2D eigenvalue weighted by Gasteiger charge is -2.15. The van der Waals surface area contributed by atoms with Gasteiger partial charge in [0.2, 0.25) is 0 Å². The van der Waals surface area contributed by atoms with E-state index in [2.05, 4.69) is 0 Å². The molecule has 136 valence electrons. The molecule has 0 fully saturated rings. The highest BCUT2D eigenvalue weighted by Crippen LogP contribution is 2.38. The van der Waals surface area contributed by atoms with Crippen LogP contribution in [0.1, 0.15) is 5.56 Å². The van der Waals surface area contributed by atoms with E-state index >= 15 is 0 Å². The summed E-state index contributed by atoms with van der Waals surface area (Å²) in [7, 11) is 0. The highest BCUT2D eigenvalue weighted by Gasteiger charge is 2.42. The predicted octanol–water partition coefficient (Wildman–Crippen LogP) is 5.11. The molecule has 0 aliphatic rings. The second-order valence-corrected chi connectivity index (χ2v) is 5.16. The molecular formula is C15H5F7N2O2. The lowest BCUT2D eigenvalue weighted by atomic mass is 10.1. The molecule has 0 spiro atoms. The molecule has 0 unspecified atom stereocenters. The summed E-state index contributed by atoms with van der Waals surface area (Å²) in [5, 5.41) is 10.8. The maximum Gasteiger partial charge on any atom is 0.422 e. The first-order chi connectivity index (χ1) is 12.0. The number of fused-ring (bicyclic) bond motifs is 1. The number of aromatic nitrogens is 1. The van der Waals surface area contributed by atoms with Crippen molar-refractivity contribution < 1.29 is 35.7 Å². The molecule has 0 saturated carbocycles. The van der Waals surface area contributed by atoms with Gasteiger partial charge in [-0.25, -0.2) is 17.6 Å². The van der Waals surface area contributed by atoms with Crippen LogP contribution in [-0.4, -0.2) is 9.49 Å². The Morgan fingerprint density at radius 1 is 0.923 bits per heavy atom. The zero-order chi connectivity index (χ0) is 19.4. The fourth-order valence-electron chi connectivity index (χ4n) is 2.52. The van der Waals surface area contributed by atoms with Crippen molar-refractivity contribution in [1.29, 1.82) is 0 Å². The topological polar surface area (TPSA) is 48.1 Å². The Morgan fingerprint density at radius 2 is 1.50 bits per heavy atom. The molecule has 0 saturated heterocycles. The fourth-order valence-corrected chi connectivity index (χ4v) is 2.52. The van der Waals surface area contributed by atoms with Gasteiger partial charge in [-0.15, -0.1) is 0 Å².